The molecule has 134 valence electrons. The summed E-state index contributed by atoms with van der Waals surface area (Å²) in [4.78, 5) is 17.4. The minimum Gasteiger partial charge on any atom is -0.377 e. The van der Waals surface area contributed by atoms with Crippen molar-refractivity contribution in [2.75, 3.05) is 13.7 Å². The predicted octanol–water partition coefficient (Wildman–Crippen LogP) is 2.97. The Morgan fingerprint density at radius 2 is 2.00 bits per heavy atom. The zero-order chi connectivity index (χ0) is 17.7. The first kappa shape index (κ1) is 17.7. The van der Waals surface area contributed by atoms with Gasteiger partial charge in [-0.1, -0.05) is 43.2 Å². The van der Waals surface area contributed by atoms with Crippen molar-refractivity contribution in [3.8, 4) is 0 Å². The van der Waals surface area contributed by atoms with E-state index in [1.807, 2.05) is 31.3 Å². The molecule has 3 rings (SSSR count). The molecule has 0 aliphatic heterocycles. The molecule has 0 bridgehead atoms. The molecule has 5 nitrogen and oxygen atoms in total. The van der Waals surface area contributed by atoms with E-state index in [9.17, 15) is 4.79 Å². The van der Waals surface area contributed by atoms with Gasteiger partial charge in [-0.3, -0.25) is 4.79 Å². The van der Waals surface area contributed by atoms with Gasteiger partial charge in [0.15, 0.2) is 0 Å². The van der Waals surface area contributed by atoms with E-state index in [1.54, 1.807) is 7.11 Å². The standard InChI is InChI=1S/C20H27N3O2/c1-16-14-22-18(15-25-2)23(16)13-12-21-19(24)20(10-6-7-11-20)17-8-4-3-5-9-17/h3-5,8-9,14H,6-7,10-13,15H2,1-2H3,(H,21,24). The van der Waals surface area contributed by atoms with Crippen LogP contribution < -0.4 is 5.32 Å². The van der Waals surface area contributed by atoms with Crippen LogP contribution in [-0.4, -0.2) is 29.1 Å². The summed E-state index contributed by atoms with van der Waals surface area (Å²) in [7, 11) is 1.67. The highest BCUT2D eigenvalue weighted by Gasteiger charge is 2.42. The normalized spacial score (nSPS) is 16.1. The summed E-state index contributed by atoms with van der Waals surface area (Å²) in [5.41, 5.74) is 1.87. The summed E-state index contributed by atoms with van der Waals surface area (Å²) >= 11 is 0. The van der Waals surface area contributed by atoms with Crippen LogP contribution in [0, 0.1) is 6.92 Å². The van der Waals surface area contributed by atoms with Gasteiger partial charge < -0.3 is 14.6 Å². The number of hydrogen-bond donors (Lipinski definition) is 1. The van der Waals surface area contributed by atoms with E-state index in [2.05, 4.69) is 27.0 Å². The molecule has 1 heterocycles. The van der Waals surface area contributed by atoms with Crippen LogP contribution in [0.1, 0.15) is 42.8 Å². The monoisotopic (exact) mass is 341 g/mol. The second-order valence-electron chi connectivity index (χ2n) is 6.81. The maximum Gasteiger partial charge on any atom is 0.230 e. The molecule has 0 atom stereocenters. The molecule has 1 aliphatic rings. The molecule has 1 aromatic heterocycles. The fourth-order valence-corrected chi connectivity index (χ4v) is 3.89. The van der Waals surface area contributed by atoms with Crippen LogP contribution in [0.4, 0.5) is 0 Å². The Labute approximate surface area is 149 Å². The summed E-state index contributed by atoms with van der Waals surface area (Å²) in [5.74, 6) is 1.05. The molecule has 0 saturated heterocycles. The van der Waals surface area contributed by atoms with Gasteiger partial charge >= 0.3 is 0 Å². The SMILES string of the molecule is COCc1ncc(C)n1CCNC(=O)C1(c2ccccc2)CCCC1. The lowest BCUT2D eigenvalue weighted by Crippen LogP contribution is -2.43. The number of ether oxygens (including phenoxy) is 1. The molecule has 1 aliphatic carbocycles. The fraction of sp³-hybridized carbons (Fsp3) is 0.500. The minimum absolute atomic E-state index is 0.155. The Hall–Kier alpha value is -2.14. The molecule has 2 aromatic rings. The number of amides is 1. The van der Waals surface area contributed by atoms with Crippen LogP contribution in [0.5, 0.6) is 0 Å². The Balaban J connectivity index is 1.67. The predicted molar refractivity (Wildman–Crippen MR) is 97.3 cm³/mol. The van der Waals surface area contributed by atoms with E-state index in [0.717, 1.165) is 42.8 Å². The highest BCUT2D eigenvalue weighted by molar-refractivity contribution is 5.88. The van der Waals surface area contributed by atoms with Gasteiger partial charge in [-0.05, 0) is 25.3 Å². The number of carbonyl (C=O) groups is 1. The van der Waals surface area contributed by atoms with E-state index in [0.29, 0.717) is 19.7 Å². The third kappa shape index (κ3) is 3.61. The molecule has 0 unspecified atom stereocenters. The molecule has 1 N–H and O–H groups in total. The van der Waals surface area contributed by atoms with Gasteiger partial charge in [-0.25, -0.2) is 4.98 Å². The quantitative estimate of drug-likeness (QED) is 0.842. The number of methoxy groups -OCH3 is 1. The van der Waals surface area contributed by atoms with Crippen LogP contribution in [0.2, 0.25) is 0 Å². The second kappa shape index (κ2) is 7.83. The first-order chi connectivity index (χ1) is 12.2. The summed E-state index contributed by atoms with van der Waals surface area (Å²) in [5, 5.41) is 3.17. The molecule has 1 amide bonds. The van der Waals surface area contributed by atoms with E-state index in [4.69, 9.17) is 4.74 Å². The molecule has 25 heavy (non-hydrogen) atoms. The van der Waals surface area contributed by atoms with E-state index in [1.165, 1.54) is 0 Å². The van der Waals surface area contributed by atoms with Gasteiger partial charge in [0.1, 0.15) is 12.4 Å². The maximum atomic E-state index is 13.0. The van der Waals surface area contributed by atoms with E-state index in [-0.39, 0.29) is 11.3 Å². The third-order valence-electron chi connectivity index (χ3n) is 5.25. The van der Waals surface area contributed by atoms with Crippen LogP contribution in [0.3, 0.4) is 0 Å². The third-order valence-corrected chi connectivity index (χ3v) is 5.25. The van der Waals surface area contributed by atoms with E-state index >= 15 is 0 Å². The van der Waals surface area contributed by atoms with Gasteiger partial charge in [0.25, 0.3) is 0 Å². The average Bonchev–Trinajstić information content (AvgIpc) is 3.26. The number of carbonyl (C=O) groups excluding carboxylic acids is 1. The van der Waals surface area contributed by atoms with Gasteiger partial charge in [0, 0.05) is 32.1 Å². The number of imidazole rings is 1. The number of benzene rings is 1. The molecule has 5 heteroatoms. The van der Waals surface area contributed by atoms with Crippen molar-refractivity contribution in [2.45, 2.75) is 51.2 Å². The Morgan fingerprint density at radius 3 is 2.68 bits per heavy atom. The number of aromatic nitrogens is 2. The second-order valence-corrected chi connectivity index (χ2v) is 6.81. The van der Waals surface area contributed by atoms with Crippen molar-refractivity contribution >= 4 is 5.91 Å². The average molecular weight is 341 g/mol. The Bertz CT molecular complexity index is 703. The van der Waals surface area contributed by atoms with Crippen molar-refractivity contribution in [1.29, 1.82) is 0 Å². The van der Waals surface area contributed by atoms with Gasteiger partial charge in [0.2, 0.25) is 5.91 Å². The van der Waals surface area contributed by atoms with Crippen LogP contribution in [-0.2, 0) is 28.1 Å². The smallest absolute Gasteiger partial charge is 0.230 e. The summed E-state index contributed by atoms with van der Waals surface area (Å²) in [6.45, 7) is 3.81. The number of aryl methyl sites for hydroxylation is 1. The maximum absolute atomic E-state index is 13.0. The minimum atomic E-state index is -0.361. The summed E-state index contributed by atoms with van der Waals surface area (Å²) in [6.07, 6.45) is 5.93. The summed E-state index contributed by atoms with van der Waals surface area (Å²) in [6, 6.07) is 10.2. The largest absolute Gasteiger partial charge is 0.377 e. The Kier molecular flexibility index (Phi) is 5.53. The molecule has 1 saturated carbocycles. The molecule has 0 radical (unpaired) electrons. The number of rotatable bonds is 7. The first-order valence-electron chi connectivity index (χ1n) is 9.01. The number of nitrogens with zero attached hydrogens (tertiary/aromatic N) is 2. The summed E-state index contributed by atoms with van der Waals surface area (Å²) < 4.78 is 7.30. The molecule has 1 aromatic carbocycles. The number of nitrogens with one attached hydrogen (secondary N) is 1. The van der Waals surface area contributed by atoms with Gasteiger partial charge in [-0.15, -0.1) is 0 Å². The van der Waals surface area contributed by atoms with Crippen LogP contribution in [0.15, 0.2) is 36.5 Å². The van der Waals surface area contributed by atoms with Crippen molar-refractivity contribution in [3.63, 3.8) is 0 Å². The van der Waals surface area contributed by atoms with E-state index < -0.39 is 0 Å². The van der Waals surface area contributed by atoms with Crippen LogP contribution >= 0.6 is 0 Å². The molecular weight excluding hydrogens is 314 g/mol. The molecule has 1 fully saturated rings. The lowest BCUT2D eigenvalue weighted by atomic mass is 9.78. The van der Waals surface area contributed by atoms with Crippen molar-refractivity contribution in [1.82, 2.24) is 14.9 Å². The van der Waals surface area contributed by atoms with Crippen molar-refractivity contribution in [3.05, 3.63) is 53.6 Å². The topological polar surface area (TPSA) is 56.1 Å². The fourth-order valence-electron chi connectivity index (χ4n) is 3.89. The zero-order valence-corrected chi connectivity index (χ0v) is 15.1. The molecular formula is C20H27N3O2. The van der Waals surface area contributed by atoms with Gasteiger partial charge in [0.05, 0.1) is 5.41 Å². The highest BCUT2D eigenvalue weighted by Crippen LogP contribution is 2.41. The van der Waals surface area contributed by atoms with Crippen molar-refractivity contribution < 1.29 is 9.53 Å². The van der Waals surface area contributed by atoms with Crippen LogP contribution in [0.25, 0.3) is 0 Å². The lowest BCUT2D eigenvalue weighted by molar-refractivity contribution is -0.126. The van der Waals surface area contributed by atoms with Crippen molar-refractivity contribution in [2.24, 2.45) is 0 Å². The zero-order valence-electron chi connectivity index (χ0n) is 15.1. The first-order valence-corrected chi connectivity index (χ1v) is 9.01. The van der Waals surface area contributed by atoms with Gasteiger partial charge in [-0.2, -0.15) is 0 Å². The lowest BCUT2D eigenvalue weighted by Gasteiger charge is -2.28. The molecule has 0 spiro atoms. The Morgan fingerprint density at radius 1 is 1.28 bits per heavy atom. The number of hydrogen-bond acceptors (Lipinski definition) is 3. The highest BCUT2D eigenvalue weighted by atomic mass is 16.5.